The molecule has 3 N–H and O–H groups in total. The van der Waals surface area contributed by atoms with Gasteiger partial charge in [-0.1, -0.05) is 0 Å². The first-order chi connectivity index (χ1) is 8.90. The second-order valence-electron chi connectivity index (χ2n) is 5.54. The Kier molecular flexibility index (Phi) is 9.41. The van der Waals surface area contributed by atoms with Crippen molar-refractivity contribution in [1.29, 1.82) is 0 Å². The molecule has 0 bridgehead atoms. The van der Waals surface area contributed by atoms with Gasteiger partial charge in [0.1, 0.15) is 0 Å². The third-order valence-corrected chi connectivity index (χ3v) is 3.52. The Balaban J connectivity index is 0.00000361. The van der Waals surface area contributed by atoms with Crippen LogP contribution < -0.4 is 16.0 Å². The zero-order valence-corrected chi connectivity index (χ0v) is 16.2. The lowest BCUT2D eigenvalue weighted by Gasteiger charge is -2.21. The molecular weight excluding hydrogens is 383 g/mol. The number of halogens is 1. The summed E-state index contributed by atoms with van der Waals surface area (Å²) >= 11 is 1.81. The Morgan fingerprint density at radius 3 is 2.40 bits per heavy atom. The van der Waals surface area contributed by atoms with Crippen molar-refractivity contribution in [2.24, 2.45) is 4.99 Å². The molecule has 0 aliphatic carbocycles. The lowest BCUT2D eigenvalue weighted by Crippen LogP contribution is -2.44. The topological polar surface area (TPSA) is 48.5 Å². The zero-order valence-electron chi connectivity index (χ0n) is 13.0. The van der Waals surface area contributed by atoms with Crippen LogP contribution in [0, 0.1) is 6.92 Å². The third kappa shape index (κ3) is 8.76. The molecule has 0 fully saturated rings. The highest BCUT2D eigenvalue weighted by Crippen LogP contribution is 2.14. The van der Waals surface area contributed by atoms with Gasteiger partial charge in [-0.05, 0) is 39.8 Å². The van der Waals surface area contributed by atoms with Gasteiger partial charge in [-0.3, -0.25) is 4.99 Å². The van der Waals surface area contributed by atoms with Crippen molar-refractivity contribution >= 4 is 41.3 Å². The maximum absolute atomic E-state index is 4.22. The molecule has 0 saturated carbocycles. The molecular formula is C14H27IN4S. The summed E-state index contributed by atoms with van der Waals surface area (Å²) in [6.45, 7) is 11.2. The van der Waals surface area contributed by atoms with Gasteiger partial charge in [0.15, 0.2) is 5.96 Å². The van der Waals surface area contributed by atoms with Crippen LogP contribution in [0.2, 0.25) is 0 Å². The summed E-state index contributed by atoms with van der Waals surface area (Å²) in [5, 5.41) is 10.1. The number of hydrogen-bond donors (Lipinski definition) is 3. The van der Waals surface area contributed by atoms with E-state index in [1.165, 1.54) is 9.75 Å². The molecule has 20 heavy (non-hydrogen) atoms. The number of rotatable bonds is 5. The minimum Gasteiger partial charge on any atom is -0.355 e. The quantitative estimate of drug-likeness (QED) is 0.303. The van der Waals surface area contributed by atoms with Crippen molar-refractivity contribution in [3.05, 3.63) is 21.9 Å². The number of guanidine groups is 1. The Morgan fingerprint density at radius 2 is 1.90 bits per heavy atom. The van der Waals surface area contributed by atoms with E-state index in [2.05, 4.69) is 60.8 Å². The van der Waals surface area contributed by atoms with Crippen molar-refractivity contribution in [3.8, 4) is 0 Å². The van der Waals surface area contributed by atoms with Crippen LogP contribution in [0.5, 0.6) is 0 Å². The highest BCUT2D eigenvalue weighted by Gasteiger charge is 2.07. The van der Waals surface area contributed by atoms with E-state index in [-0.39, 0.29) is 29.5 Å². The standard InChI is InChI=1S/C14H26N4S.HI/c1-11-6-7-12(19-11)10-17-13(15-5)16-8-9-18-14(2,3)4;/h6-7,18H,8-10H2,1-5H3,(H2,15,16,17);1H. The minimum atomic E-state index is 0. The predicted molar refractivity (Wildman–Crippen MR) is 100 cm³/mol. The molecule has 0 aromatic carbocycles. The highest BCUT2D eigenvalue weighted by atomic mass is 127. The normalized spacial score (nSPS) is 11.9. The molecule has 6 heteroatoms. The minimum absolute atomic E-state index is 0. The van der Waals surface area contributed by atoms with Gasteiger partial charge in [0.25, 0.3) is 0 Å². The van der Waals surface area contributed by atoms with Gasteiger partial charge in [-0.2, -0.15) is 0 Å². The van der Waals surface area contributed by atoms with E-state index >= 15 is 0 Å². The van der Waals surface area contributed by atoms with E-state index in [9.17, 15) is 0 Å². The second-order valence-corrected chi connectivity index (χ2v) is 6.91. The Morgan fingerprint density at radius 1 is 1.20 bits per heavy atom. The Hall–Kier alpha value is -0.340. The van der Waals surface area contributed by atoms with Gasteiger partial charge in [0.2, 0.25) is 0 Å². The van der Waals surface area contributed by atoms with Crippen molar-refractivity contribution in [1.82, 2.24) is 16.0 Å². The number of thiophene rings is 1. The molecule has 0 unspecified atom stereocenters. The van der Waals surface area contributed by atoms with Crippen molar-refractivity contribution in [2.75, 3.05) is 20.1 Å². The summed E-state index contributed by atoms with van der Waals surface area (Å²) in [6, 6.07) is 4.30. The first-order valence-corrected chi connectivity index (χ1v) is 7.47. The molecule has 1 aromatic rings. The first kappa shape index (κ1) is 19.7. The Labute approximate surface area is 143 Å². The summed E-state index contributed by atoms with van der Waals surface area (Å²) in [7, 11) is 1.80. The SMILES string of the molecule is CN=C(NCCNC(C)(C)C)NCc1ccc(C)s1.I. The summed E-state index contributed by atoms with van der Waals surface area (Å²) in [5.74, 6) is 0.849. The summed E-state index contributed by atoms with van der Waals surface area (Å²) < 4.78 is 0. The molecule has 0 amide bonds. The number of hydrogen-bond acceptors (Lipinski definition) is 3. The molecule has 0 aliphatic heterocycles. The number of nitrogens with zero attached hydrogens (tertiary/aromatic N) is 1. The number of aryl methyl sites for hydroxylation is 1. The second kappa shape index (κ2) is 9.57. The van der Waals surface area contributed by atoms with Crippen LogP contribution in [0.25, 0.3) is 0 Å². The van der Waals surface area contributed by atoms with E-state index in [0.717, 1.165) is 25.6 Å². The van der Waals surface area contributed by atoms with Crippen molar-refractivity contribution in [3.63, 3.8) is 0 Å². The fraction of sp³-hybridized carbons (Fsp3) is 0.643. The van der Waals surface area contributed by atoms with Crippen LogP contribution in [-0.2, 0) is 6.54 Å². The summed E-state index contributed by atoms with van der Waals surface area (Å²) in [5.41, 5.74) is 0.160. The first-order valence-electron chi connectivity index (χ1n) is 6.65. The largest absolute Gasteiger partial charge is 0.355 e. The van der Waals surface area contributed by atoms with Gasteiger partial charge in [-0.15, -0.1) is 35.3 Å². The number of nitrogens with one attached hydrogen (secondary N) is 3. The fourth-order valence-electron chi connectivity index (χ4n) is 1.59. The average molecular weight is 410 g/mol. The van der Waals surface area contributed by atoms with Crippen LogP contribution in [0.1, 0.15) is 30.5 Å². The van der Waals surface area contributed by atoms with Crippen LogP contribution in [0.4, 0.5) is 0 Å². The monoisotopic (exact) mass is 410 g/mol. The van der Waals surface area contributed by atoms with E-state index in [1.54, 1.807) is 7.05 Å². The summed E-state index contributed by atoms with van der Waals surface area (Å²) in [4.78, 5) is 6.88. The Bertz CT molecular complexity index is 410. The average Bonchev–Trinajstić information content (AvgIpc) is 2.73. The van der Waals surface area contributed by atoms with E-state index in [0.29, 0.717) is 0 Å². The third-order valence-electron chi connectivity index (χ3n) is 2.52. The molecule has 4 nitrogen and oxygen atoms in total. The molecule has 0 saturated heterocycles. The van der Waals surface area contributed by atoms with Crippen LogP contribution >= 0.6 is 35.3 Å². The maximum atomic E-state index is 4.22. The van der Waals surface area contributed by atoms with Gasteiger partial charge >= 0.3 is 0 Å². The van der Waals surface area contributed by atoms with Gasteiger partial charge in [0, 0.05) is 35.4 Å². The molecule has 0 atom stereocenters. The molecule has 1 rings (SSSR count). The van der Waals surface area contributed by atoms with Gasteiger partial charge < -0.3 is 16.0 Å². The molecule has 116 valence electrons. The maximum Gasteiger partial charge on any atom is 0.191 e. The lowest BCUT2D eigenvalue weighted by atomic mass is 10.1. The molecule has 1 heterocycles. The zero-order chi connectivity index (χ0) is 14.3. The van der Waals surface area contributed by atoms with Crippen LogP contribution in [0.3, 0.4) is 0 Å². The van der Waals surface area contributed by atoms with Crippen molar-refractivity contribution in [2.45, 2.75) is 39.8 Å². The van der Waals surface area contributed by atoms with E-state index in [4.69, 9.17) is 0 Å². The lowest BCUT2D eigenvalue weighted by molar-refractivity contribution is 0.428. The predicted octanol–water partition coefficient (Wildman–Crippen LogP) is 2.73. The van der Waals surface area contributed by atoms with E-state index in [1.807, 2.05) is 11.3 Å². The van der Waals surface area contributed by atoms with Crippen LogP contribution in [-0.4, -0.2) is 31.6 Å². The molecule has 1 aromatic heterocycles. The van der Waals surface area contributed by atoms with Gasteiger partial charge in [0.05, 0.1) is 6.54 Å². The summed E-state index contributed by atoms with van der Waals surface area (Å²) in [6.07, 6.45) is 0. The number of aliphatic imine (C=N–C) groups is 1. The fourth-order valence-corrected chi connectivity index (χ4v) is 2.42. The van der Waals surface area contributed by atoms with Crippen molar-refractivity contribution < 1.29 is 0 Å². The molecule has 0 aliphatic rings. The highest BCUT2D eigenvalue weighted by molar-refractivity contribution is 14.0. The van der Waals surface area contributed by atoms with Gasteiger partial charge in [-0.25, -0.2) is 0 Å². The van der Waals surface area contributed by atoms with Crippen LogP contribution in [0.15, 0.2) is 17.1 Å². The molecule has 0 radical (unpaired) electrons. The van der Waals surface area contributed by atoms with E-state index < -0.39 is 0 Å². The smallest absolute Gasteiger partial charge is 0.191 e. The molecule has 0 spiro atoms.